The average Bonchev–Trinajstić information content (AvgIpc) is 3.37. The molecule has 0 bridgehead atoms. The van der Waals surface area contributed by atoms with E-state index in [2.05, 4.69) is 9.88 Å². The average molecular weight is 381 g/mol. The number of carbonyl (C=O) groups is 1. The molecular formula is C22H27N3O3. The van der Waals surface area contributed by atoms with Crippen LogP contribution < -0.4 is 0 Å². The third kappa shape index (κ3) is 2.95. The predicted molar refractivity (Wildman–Crippen MR) is 106 cm³/mol. The molecule has 5 rings (SSSR count). The van der Waals surface area contributed by atoms with Crippen LogP contribution in [0.2, 0.25) is 0 Å². The Morgan fingerprint density at radius 2 is 1.82 bits per heavy atom. The molecule has 1 aromatic carbocycles. The number of aliphatic hydroxyl groups excluding tert-OH is 1. The summed E-state index contributed by atoms with van der Waals surface area (Å²) >= 11 is 0. The van der Waals surface area contributed by atoms with Crippen molar-refractivity contribution in [3.63, 3.8) is 0 Å². The molecule has 2 N–H and O–H groups in total. The Balaban J connectivity index is 1.34. The van der Waals surface area contributed by atoms with E-state index in [0.29, 0.717) is 35.9 Å². The number of amides is 1. The molecule has 4 atom stereocenters. The fraction of sp³-hybridized carbons (Fsp3) is 0.545. The van der Waals surface area contributed by atoms with Crippen LogP contribution in [0.3, 0.4) is 0 Å². The first-order chi connectivity index (χ1) is 13.6. The largest absolute Gasteiger partial charge is 0.506 e. The second kappa shape index (κ2) is 7.01. The van der Waals surface area contributed by atoms with Gasteiger partial charge in [0.1, 0.15) is 5.75 Å². The number of nitrogens with zero attached hydrogens (tertiary/aromatic N) is 3. The molecule has 2 aromatic rings. The number of phenolic OH excluding ortho intramolecular Hbond substituents is 1. The highest BCUT2D eigenvalue weighted by Gasteiger charge is 2.45. The Kier molecular flexibility index (Phi) is 4.48. The van der Waals surface area contributed by atoms with E-state index in [-0.39, 0.29) is 23.8 Å². The molecule has 1 aromatic heterocycles. The minimum Gasteiger partial charge on any atom is -0.506 e. The number of aromatic nitrogens is 1. The molecule has 3 aliphatic rings. The van der Waals surface area contributed by atoms with Crippen molar-refractivity contribution in [2.75, 3.05) is 26.2 Å². The molecule has 1 amide bonds. The lowest BCUT2D eigenvalue weighted by atomic mass is 9.77. The first-order valence-electron chi connectivity index (χ1n) is 10.4. The number of benzene rings is 1. The number of aliphatic hydroxyl groups is 1. The van der Waals surface area contributed by atoms with Crippen molar-refractivity contribution in [1.82, 2.24) is 14.8 Å². The van der Waals surface area contributed by atoms with E-state index in [9.17, 15) is 15.0 Å². The minimum absolute atomic E-state index is 0.0368. The quantitative estimate of drug-likeness (QED) is 0.834. The maximum atomic E-state index is 13.2. The van der Waals surface area contributed by atoms with Crippen molar-refractivity contribution in [2.24, 2.45) is 11.8 Å². The zero-order chi connectivity index (χ0) is 19.3. The van der Waals surface area contributed by atoms with Crippen LogP contribution in [0.15, 0.2) is 30.6 Å². The lowest BCUT2D eigenvalue weighted by Gasteiger charge is -2.40. The molecule has 0 radical (unpaired) electrons. The molecule has 6 nitrogen and oxygen atoms in total. The summed E-state index contributed by atoms with van der Waals surface area (Å²) in [6.45, 7) is 3.55. The number of hydrogen-bond donors (Lipinski definition) is 2. The van der Waals surface area contributed by atoms with Crippen molar-refractivity contribution in [1.29, 1.82) is 0 Å². The lowest BCUT2D eigenvalue weighted by Crippen LogP contribution is -2.48. The van der Waals surface area contributed by atoms with Gasteiger partial charge >= 0.3 is 0 Å². The Bertz CT molecular complexity index is 896. The Morgan fingerprint density at radius 3 is 2.61 bits per heavy atom. The second-order valence-corrected chi connectivity index (χ2v) is 8.64. The van der Waals surface area contributed by atoms with E-state index in [4.69, 9.17) is 0 Å². The third-order valence-electron chi connectivity index (χ3n) is 7.03. The number of rotatable bonds is 2. The van der Waals surface area contributed by atoms with Crippen LogP contribution in [-0.2, 0) is 0 Å². The summed E-state index contributed by atoms with van der Waals surface area (Å²) in [6, 6.07) is 5.51. The fourth-order valence-electron chi connectivity index (χ4n) is 5.53. The molecule has 3 heterocycles. The van der Waals surface area contributed by atoms with Crippen molar-refractivity contribution in [2.45, 2.75) is 37.8 Å². The zero-order valence-electron chi connectivity index (χ0n) is 16.0. The molecule has 6 heteroatoms. The summed E-state index contributed by atoms with van der Waals surface area (Å²) in [4.78, 5) is 21.5. The van der Waals surface area contributed by atoms with Gasteiger partial charge in [0.15, 0.2) is 0 Å². The Labute approximate surface area is 164 Å². The van der Waals surface area contributed by atoms with Crippen LogP contribution in [0.5, 0.6) is 5.75 Å². The summed E-state index contributed by atoms with van der Waals surface area (Å²) in [5, 5.41) is 22.8. The minimum atomic E-state index is -0.295. The Hall–Kier alpha value is -2.18. The summed E-state index contributed by atoms with van der Waals surface area (Å²) < 4.78 is 0. The molecule has 148 valence electrons. The number of phenols is 1. The number of aromatic hydroxyl groups is 1. The molecular weight excluding hydrogens is 354 g/mol. The number of likely N-dealkylation sites (tertiary alicyclic amines) is 2. The van der Waals surface area contributed by atoms with E-state index >= 15 is 0 Å². The first kappa shape index (κ1) is 17.9. The van der Waals surface area contributed by atoms with Gasteiger partial charge in [0.2, 0.25) is 0 Å². The number of hydrogen-bond acceptors (Lipinski definition) is 5. The molecule has 2 saturated heterocycles. The van der Waals surface area contributed by atoms with Crippen molar-refractivity contribution in [3.05, 3.63) is 36.2 Å². The van der Waals surface area contributed by atoms with Crippen LogP contribution in [0.1, 0.15) is 36.0 Å². The van der Waals surface area contributed by atoms with E-state index in [1.807, 2.05) is 11.0 Å². The van der Waals surface area contributed by atoms with Gasteiger partial charge in [0.25, 0.3) is 5.91 Å². The van der Waals surface area contributed by atoms with Crippen LogP contribution in [0.25, 0.3) is 10.8 Å². The normalized spacial score (nSPS) is 30.7. The van der Waals surface area contributed by atoms with Gasteiger partial charge in [-0.05, 0) is 62.7 Å². The van der Waals surface area contributed by atoms with Crippen LogP contribution in [-0.4, -0.2) is 69.2 Å². The molecule has 28 heavy (non-hydrogen) atoms. The molecule has 2 aliphatic heterocycles. The molecule has 0 spiro atoms. The van der Waals surface area contributed by atoms with Crippen LogP contribution in [0, 0.1) is 11.8 Å². The standard InChI is InChI=1S/C22H27N3O3/c26-20-10-16-13-25(12-15(16)9-19(20)24-7-1-2-8-24)22(28)18-4-3-14-11-23-6-5-17(14)21(18)27/h3-6,11,15-16,19-20,26-27H,1-2,7-10,12-13H2/t15-,16+,19-,20-/m1/s1. The van der Waals surface area contributed by atoms with Gasteiger partial charge < -0.3 is 15.1 Å². The number of fused-ring (bicyclic) bond motifs is 2. The van der Waals surface area contributed by atoms with Crippen LogP contribution in [0.4, 0.5) is 0 Å². The summed E-state index contributed by atoms with van der Waals surface area (Å²) in [7, 11) is 0. The van der Waals surface area contributed by atoms with Gasteiger partial charge in [-0.3, -0.25) is 14.7 Å². The first-order valence-corrected chi connectivity index (χ1v) is 10.4. The molecule has 0 unspecified atom stereocenters. The van der Waals surface area contributed by atoms with Crippen LogP contribution >= 0.6 is 0 Å². The fourth-order valence-corrected chi connectivity index (χ4v) is 5.53. The van der Waals surface area contributed by atoms with Crippen molar-refractivity contribution in [3.8, 4) is 5.75 Å². The van der Waals surface area contributed by atoms with E-state index in [0.717, 1.165) is 31.3 Å². The van der Waals surface area contributed by atoms with Gasteiger partial charge in [0, 0.05) is 42.3 Å². The van der Waals surface area contributed by atoms with Gasteiger partial charge in [-0.25, -0.2) is 0 Å². The van der Waals surface area contributed by atoms with Gasteiger partial charge in [-0.15, -0.1) is 0 Å². The van der Waals surface area contributed by atoms with Gasteiger partial charge in [-0.1, -0.05) is 6.07 Å². The van der Waals surface area contributed by atoms with Gasteiger partial charge in [-0.2, -0.15) is 0 Å². The summed E-state index contributed by atoms with van der Waals surface area (Å²) in [5.74, 6) is 0.710. The third-order valence-corrected chi connectivity index (χ3v) is 7.03. The smallest absolute Gasteiger partial charge is 0.257 e. The number of pyridine rings is 1. The summed E-state index contributed by atoms with van der Waals surface area (Å²) in [6.07, 6.45) is 7.19. The van der Waals surface area contributed by atoms with Gasteiger partial charge in [0.05, 0.1) is 11.7 Å². The van der Waals surface area contributed by atoms with E-state index in [1.54, 1.807) is 24.5 Å². The van der Waals surface area contributed by atoms with Crippen molar-refractivity contribution >= 4 is 16.7 Å². The molecule has 1 aliphatic carbocycles. The van der Waals surface area contributed by atoms with Crippen molar-refractivity contribution < 1.29 is 15.0 Å². The van der Waals surface area contributed by atoms with E-state index in [1.165, 1.54) is 12.8 Å². The number of carbonyl (C=O) groups excluding carboxylic acids is 1. The molecule has 1 saturated carbocycles. The molecule has 3 fully saturated rings. The second-order valence-electron chi connectivity index (χ2n) is 8.64. The maximum Gasteiger partial charge on any atom is 0.257 e. The zero-order valence-corrected chi connectivity index (χ0v) is 16.0. The topological polar surface area (TPSA) is 76.9 Å². The Morgan fingerprint density at radius 1 is 1.07 bits per heavy atom. The highest BCUT2D eigenvalue weighted by Crippen LogP contribution is 2.40. The predicted octanol–water partition coefficient (Wildman–Crippen LogP) is 2.25. The van der Waals surface area contributed by atoms with E-state index < -0.39 is 0 Å². The maximum absolute atomic E-state index is 13.2. The lowest BCUT2D eigenvalue weighted by molar-refractivity contribution is -0.000865. The summed E-state index contributed by atoms with van der Waals surface area (Å²) in [5.41, 5.74) is 0.356. The SMILES string of the molecule is O=C(c1ccc2cnccc2c1O)N1C[C@H]2C[C@@H](N3CCCC3)[C@H](O)C[C@H]2C1. The highest BCUT2D eigenvalue weighted by atomic mass is 16.3. The monoisotopic (exact) mass is 381 g/mol. The highest BCUT2D eigenvalue weighted by molar-refractivity contribution is 6.03.